The van der Waals surface area contributed by atoms with Crippen molar-refractivity contribution in [2.75, 3.05) is 13.6 Å². The summed E-state index contributed by atoms with van der Waals surface area (Å²) in [7, 11) is 1.62. The van der Waals surface area contributed by atoms with Crippen LogP contribution in [0.25, 0.3) is 0 Å². The third kappa shape index (κ3) is 5.53. The van der Waals surface area contributed by atoms with Gasteiger partial charge in [-0.25, -0.2) is 0 Å². The van der Waals surface area contributed by atoms with Crippen LogP contribution in [0.4, 0.5) is 0 Å². The molecule has 14 heavy (non-hydrogen) atoms. The average Bonchev–Trinajstić information content (AvgIpc) is 2.22. The summed E-state index contributed by atoms with van der Waals surface area (Å²) in [4.78, 5) is 14.8. The lowest BCUT2D eigenvalue weighted by Gasteiger charge is -2.09. The topological polar surface area (TPSA) is 93.5 Å². The summed E-state index contributed by atoms with van der Waals surface area (Å²) in [6.07, 6.45) is 2.02. The van der Waals surface area contributed by atoms with Gasteiger partial charge in [0.1, 0.15) is 5.78 Å². The number of carbonyl (C=O) groups excluding carboxylic acids is 1. The highest BCUT2D eigenvalue weighted by atomic mass is 16.1. The zero-order valence-electron chi connectivity index (χ0n) is 8.92. The molecule has 0 aromatic heterocycles. The number of nitrogens with zero attached hydrogens (tertiary/aromatic N) is 1. The smallest absolute Gasteiger partial charge is 0.188 e. The van der Waals surface area contributed by atoms with Crippen LogP contribution in [-0.2, 0) is 4.79 Å². The lowest BCUT2D eigenvalue weighted by atomic mass is 10.1. The second-order valence-electron chi connectivity index (χ2n) is 3.10. The summed E-state index contributed by atoms with van der Waals surface area (Å²) in [5.74, 6) is 0.530. The van der Waals surface area contributed by atoms with Crippen molar-refractivity contribution >= 4 is 11.7 Å². The standard InChI is InChI=1S/C9H20N4O/c1-3-8(14)7(10)5-4-6-13-9(11)12-2/h7H,3-6,10H2,1-2H3,(H3,11,12,13). The van der Waals surface area contributed by atoms with Gasteiger partial charge in [0.25, 0.3) is 0 Å². The number of nitrogens with two attached hydrogens (primary N) is 2. The van der Waals surface area contributed by atoms with Crippen LogP contribution < -0.4 is 16.8 Å². The molecule has 0 saturated carbocycles. The number of hydrogen-bond donors (Lipinski definition) is 3. The molecule has 0 heterocycles. The Hall–Kier alpha value is -1.10. The first-order chi connectivity index (χ1) is 6.61. The number of rotatable bonds is 6. The van der Waals surface area contributed by atoms with E-state index in [2.05, 4.69) is 10.3 Å². The second-order valence-corrected chi connectivity index (χ2v) is 3.10. The van der Waals surface area contributed by atoms with E-state index in [0.717, 1.165) is 6.42 Å². The molecular weight excluding hydrogens is 180 g/mol. The van der Waals surface area contributed by atoms with Crippen molar-refractivity contribution in [1.29, 1.82) is 0 Å². The first-order valence-electron chi connectivity index (χ1n) is 4.86. The van der Waals surface area contributed by atoms with Crippen LogP contribution in [0.15, 0.2) is 4.99 Å². The van der Waals surface area contributed by atoms with Gasteiger partial charge in [0.05, 0.1) is 6.04 Å². The number of Topliss-reactive ketones (excluding diaryl/α,β-unsaturated/α-hetero) is 1. The zero-order chi connectivity index (χ0) is 11.0. The molecule has 1 unspecified atom stereocenters. The number of ketones is 1. The Bertz CT molecular complexity index is 203. The summed E-state index contributed by atoms with van der Waals surface area (Å²) in [6, 6.07) is -0.332. The fourth-order valence-corrected chi connectivity index (χ4v) is 1.04. The fourth-order valence-electron chi connectivity index (χ4n) is 1.04. The van der Waals surface area contributed by atoms with Crippen LogP contribution >= 0.6 is 0 Å². The van der Waals surface area contributed by atoms with Gasteiger partial charge in [0.2, 0.25) is 0 Å². The molecular formula is C9H20N4O. The van der Waals surface area contributed by atoms with E-state index in [1.807, 2.05) is 6.92 Å². The number of carbonyl (C=O) groups is 1. The number of hydrogen-bond acceptors (Lipinski definition) is 3. The quantitative estimate of drug-likeness (QED) is 0.309. The minimum absolute atomic E-state index is 0.113. The van der Waals surface area contributed by atoms with Crippen LogP contribution in [-0.4, -0.2) is 31.4 Å². The van der Waals surface area contributed by atoms with Crippen LogP contribution in [0, 0.1) is 0 Å². The minimum Gasteiger partial charge on any atom is -0.370 e. The molecule has 0 aromatic rings. The molecule has 0 saturated heterocycles. The molecule has 0 bridgehead atoms. The normalized spacial score (nSPS) is 13.8. The van der Waals surface area contributed by atoms with Crippen LogP contribution in [0.5, 0.6) is 0 Å². The molecule has 0 rings (SSSR count). The van der Waals surface area contributed by atoms with Gasteiger partial charge in [-0.15, -0.1) is 0 Å². The molecule has 0 spiro atoms. The van der Waals surface area contributed by atoms with E-state index in [1.54, 1.807) is 7.05 Å². The van der Waals surface area contributed by atoms with E-state index >= 15 is 0 Å². The third-order valence-electron chi connectivity index (χ3n) is 2.00. The maximum Gasteiger partial charge on any atom is 0.188 e. The molecule has 0 aliphatic rings. The predicted octanol–water partition coefficient (Wildman–Crippen LogP) is -0.393. The van der Waals surface area contributed by atoms with Gasteiger partial charge in [0.15, 0.2) is 5.96 Å². The average molecular weight is 200 g/mol. The van der Waals surface area contributed by atoms with Gasteiger partial charge in [-0.05, 0) is 12.8 Å². The molecule has 0 amide bonds. The summed E-state index contributed by atoms with van der Waals surface area (Å²) in [5, 5.41) is 2.91. The summed E-state index contributed by atoms with van der Waals surface area (Å²) in [5.41, 5.74) is 11.1. The maximum absolute atomic E-state index is 11.1. The van der Waals surface area contributed by atoms with Crippen LogP contribution in [0.1, 0.15) is 26.2 Å². The van der Waals surface area contributed by atoms with Crippen molar-refractivity contribution in [2.45, 2.75) is 32.2 Å². The van der Waals surface area contributed by atoms with E-state index in [-0.39, 0.29) is 11.8 Å². The third-order valence-corrected chi connectivity index (χ3v) is 2.00. The van der Waals surface area contributed by atoms with Gasteiger partial charge in [-0.1, -0.05) is 6.92 Å². The molecule has 5 heteroatoms. The Balaban J connectivity index is 3.50. The van der Waals surface area contributed by atoms with Crippen molar-refractivity contribution in [1.82, 2.24) is 5.32 Å². The lowest BCUT2D eigenvalue weighted by Crippen LogP contribution is -2.34. The summed E-state index contributed by atoms with van der Waals surface area (Å²) >= 11 is 0. The van der Waals surface area contributed by atoms with Crippen molar-refractivity contribution in [3.05, 3.63) is 0 Å². The highest BCUT2D eigenvalue weighted by molar-refractivity contribution is 5.83. The number of guanidine groups is 1. The number of nitrogens with one attached hydrogen (secondary N) is 1. The molecule has 1 atom stereocenters. The van der Waals surface area contributed by atoms with Crippen LogP contribution in [0.3, 0.4) is 0 Å². The Morgan fingerprint density at radius 3 is 2.71 bits per heavy atom. The first kappa shape index (κ1) is 12.9. The van der Waals surface area contributed by atoms with Gasteiger partial charge in [0, 0.05) is 20.0 Å². The maximum atomic E-state index is 11.1. The van der Waals surface area contributed by atoms with E-state index in [4.69, 9.17) is 11.5 Å². The van der Waals surface area contributed by atoms with Gasteiger partial charge >= 0.3 is 0 Å². The second kappa shape index (κ2) is 7.32. The largest absolute Gasteiger partial charge is 0.370 e. The Morgan fingerprint density at radius 2 is 2.21 bits per heavy atom. The van der Waals surface area contributed by atoms with E-state index in [9.17, 15) is 4.79 Å². The van der Waals surface area contributed by atoms with Crippen molar-refractivity contribution in [3.63, 3.8) is 0 Å². The van der Waals surface area contributed by atoms with E-state index in [1.165, 1.54) is 0 Å². The molecule has 0 aliphatic heterocycles. The Morgan fingerprint density at radius 1 is 1.57 bits per heavy atom. The van der Waals surface area contributed by atoms with Crippen molar-refractivity contribution in [3.8, 4) is 0 Å². The highest BCUT2D eigenvalue weighted by Gasteiger charge is 2.09. The molecule has 0 aliphatic carbocycles. The predicted molar refractivity (Wildman–Crippen MR) is 58.1 cm³/mol. The monoisotopic (exact) mass is 200 g/mol. The van der Waals surface area contributed by atoms with Gasteiger partial charge in [-0.2, -0.15) is 0 Å². The van der Waals surface area contributed by atoms with Crippen LogP contribution in [0.2, 0.25) is 0 Å². The zero-order valence-corrected chi connectivity index (χ0v) is 8.92. The number of aliphatic imine (C=N–C) groups is 1. The first-order valence-corrected chi connectivity index (χ1v) is 4.86. The molecule has 5 nitrogen and oxygen atoms in total. The molecule has 82 valence electrons. The lowest BCUT2D eigenvalue weighted by molar-refractivity contribution is -0.120. The summed E-state index contributed by atoms with van der Waals surface area (Å²) < 4.78 is 0. The minimum atomic E-state index is -0.332. The van der Waals surface area contributed by atoms with Crippen molar-refractivity contribution in [2.24, 2.45) is 16.5 Å². The molecule has 5 N–H and O–H groups in total. The van der Waals surface area contributed by atoms with Crippen molar-refractivity contribution < 1.29 is 4.79 Å². The SMILES string of the molecule is CCC(=O)C(N)CCCNC(N)=NC. The molecule has 0 aromatic carbocycles. The Labute approximate surface area is 84.9 Å². The fraction of sp³-hybridized carbons (Fsp3) is 0.778. The van der Waals surface area contributed by atoms with Gasteiger partial charge in [-0.3, -0.25) is 9.79 Å². The van der Waals surface area contributed by atoms with E-state index < -0.39 is 0 Å². The van der Waals surface area contributed by atoms with Gasteiger partial charge < -0.3 is 16.8 Å². The van der Waals surface area contributed by atoms with E-state index in [0.29, 0.717) is 25.3 Å². The summed E-state index contributed by atoms with van der Waals surface area (Å²) in [6.45, 7) is 2.52. The highest BCUT2D eigenvalue weighted by Crippen LogP contribution is 1.97. The Kier molecular flexibility index (Phi) is 6.74. The molecule has 0 fully saturated rings. The molecule has 0 radical (unpaired) electrons.